The number of hydrogen-bond donors (Lipinski definition) is 2. The Morgan fingerprint density at radius 1 is 1.27 bits per heavy atom. The minimum atomic E-state index is -0.910. The molecule has 1 aromatic rings. The molecule has 0 bridgehead atoms. The number of carbonyl (C=O) groups is 2. The van der Waals surface area contributed by atoms with E-state index in [9.17, 15) is 9.59 Å². The van der Waals surface area contributed by atoms with Crippen LogP contribution in [0.5, 0.6) is 0 Å². The van der Waals surface area contributed by atoms with E-state index in [0.717, 1.165) is 5.56 Å². The maximum Gasteiger partial charge on any atom is 0.412 e. The normalized spacial score (nSPS) is 12.5. The Hall–Kier alpha value is -2.08. The lowest BCUT2D eigenvalue weighted by molar-refractivity contribution is -0.140. The smallest absolute Gasteiger partial charge is 0.412 e. The van der Waals surface area contributed by atoms with Gasteiger partial charge < -0.3 is 14.6 Å². The number of amides is 1. The molecule has 122 valence electrons. The summed E-state index contributed by atoms with van der Waals surface area (Å²) in [6.07, 6.45) is -1.02. The van der Waals surface area contributed by atoms with Gasteiger partial charge in [-0.1, -0.05) is 18.2 Å². The van der Waals surface area contributed by atoms with Gasteiger partial charge in [0.25, 0.3) is 0 Å². The van der Waals surface area contributed by atoms with Crippen molar-refractivity contribution < 1.29 is 24.2 Å². The number of benzene rings is 1. The number of carbonyl (C=O) groups excluding carboxylic acids is 1. The van der Waals surface area contributed by atoms with Gasteiger partial charge in [-0.25, -0.2) is 4.79 Å². The van der Waals surface area contributed by atoms with Crippen LogP contribution in [0.15, 0.2) is 24.3 Å². The maximum atomic E-state index is 11.8. The number of carboxylic acids is 1. The number of hydrogen-bond acceptors (Lipinski definition) is 4. The average Bonchev–Trinajstić information content (AvgIpc) is 2.34. The van der Waals surface area contributed by atoms with E-state index in [1.165, 1.54) is 0 Å². The first-order chi connectivity index (χ1) is 10.2. The van der Waals surface area contributed by atoms with Gasteiger partial charge in [-0.15, -0.1) is 0 Å². The Labute approximate surface area is 130 Å². The summed E-state index contributed by atoms with van der Waals surface area (Å²) in [4.78, 5) is 22.4. The molecule has 22 heavy (non-hydrogen) atoms. The monoisotopic (exact) mass is 309 g/mol. The quantitative estimate of drug-likeness (QED) is 0.841. The lowest BCUT2D eigenvalue weighted by Gasteiger charge is -2.20. The molecule has 0 aliphatic heterocycles. The zero-order valence-electron chi connectivity index (χ0n) is 13.4. The second-order valence-corrected chi connectivity index (χ2v) is 6.00. The van der Waals surface area contributed by atoms with E-state index in [2.05, 4.69) is 5.32 Å². The van der Waals surface area contributed by atoms with Crippen molar-refractivity contribution in [2.75, 3.05) is 5.32 Å². The van der Waals surface area contributed by atoms with Gasteiger partial charge in [0.1, 0.15) is 5.60 Å². The molecule has 6 heteroatoms. The summed E-state index contributed by atoms with van der Waals surface area (Å²) < 4.78 is 10.7. The summed E-state index contributed by atoms with van der Waals surface area (Å²) in [5, 5.41) is 11.4. The SMILES string of the molecule is CC(CC(=O)O)OCc1ccccc1NC(=O)OC(C)(C)C. The number of para-hydroxylation sites is 1. The second kappa shape index (κ2) is 7.79. The van der Waals surface area contributed by atoms with E-state index in [4.69, 9.17) is 14.6 Å². The van der Waals surface area contributed by atoms with Crippen molar-refractivity contribution in [1.82, 2.24) is 0 Å². The van der Waals surface area contributed by atoms with Gasteiger partial charge in [-0.2, -0.15) is 0 Å². The highest BCUT2D eigenvalue weighted by atomic mass is 16.6. The van der Waals surface area contributed by atoms with Crippen molar-refractivity contribution in [2.24, 2.45) is 0 Å². The van der Waals surface area contributed by atoms with Crippen LogP contribution in [0.3, 0.4) is 0 Å². The minimum Gasteiger partial charge on any atom is -0.481 e. The molecule has 0 aliphatic carbocycles. The lowest BCUT2D eigenvalue weighted by atomic mass is 10.2. The van der Waals surface area contributed by atoms with Crippen LogP contribution in [-0.2, 0) is 20.9 Å². The van der Waals surface area contributed by atoms with Crippen LogP contribution < -0.4 is 5.32 Å². The second-order valence-electron chi connectivity index (χ2n) is 6.00. The summed E-state index contributed by atoms with van der Waals surface area (Å²) in [5.74, 6) is -0.910. The molecule has 0 fully saturated rings. The molecule has 6 nitrogen and oxygen atoms in total. The van der Waals surface area contributed by atoms with Crippen molar-refractivity contribution in [3.8, 4) is 0 Å². The maximum absolute atomic E-state index is 11.8. The van der Waals surface area contributed by atoms with E-state index >= 15 is 0 Å². The molecule has 0 spiro atoms. The molecule has 1 atom stereocenters. The third-order valence-corrected chi connectivity index (χ3v) is 2.64. The molecule has 2 N–H and O–H groups in total. The van der Waals surface area contributed by atoms with Crippen molar-refractivity contribution in [2.45, 2.75) is 52.4 Å². The highest BCUT2D eigenvalue weighted by Gasteiger charge is 2.17. The lowest BCUT2D eigenvalue weighted by Crippen LogP contribution is -2.27. The van der Waals surface area contributed by atoms with Gasteiger partial charge >= 0.3 is 12.1 Å². The van der Waals surface area contributed by atoms with Gasteiger partial charge in [0.05, 0.1) is 19.1 Å². The predicted octanol–water partition coefficient (Wildman–Crippen LogP) is 3.41. The molecular formula is C16H23NO5. The van der Waals surface area contributed by atoms with Gasteiger partial charge in [0, 0.05) is 11.3 Å². The summed E-state index contributed by atoms with van der Waals surface area (Å²) in [6, 6.07) is 7.16. The predicted molar refractivity (Wildman–Crippen MR) is 82.8 cm³/mol. The number of anilines is 1. The third-order valence-electron chi connectivity index (χ3n) is 2.64. The van der Waals surface area contributed by atoms with E-state index in [-0.39, 0.29) is 13.0 Å². The van der Waals surface area contributed by atoms with E-state index in [0.29, 0.717) is 5.69 Å². The van der Waals surface area contributed by atoms with E-state index in [1.807, 2.05) is 6.07 Å². The number of rotatable bonds is 6. The number of carboxylic acid groups (broad SMARTS) is 1. The van der Waals surface area contributed by atoms with Gasteiger partial charge in [-0.05, 0) is 33.8 Å². The molecule has 1 unspecified atom stereocenters. The Morgan fingerprint density at radius 3 is 2.50 bits per heavy atom. The van der Waals surface area contributed by atoms with Crippen molar-refractivity contribution in [3.63, 3.8) is 0 Å². The molecule has 0 saturated carbocycles. The van der Waals surface area contributed by atoms with Crippen LogP contribution in [0.1, 0.15) is 39.7 Å². The molecular weight excluding hydrogens is 286 g/mol. The third kappa shape index (κ3) is 7.08. The Bertz CT molecular complexity index is 522. The summed E-state index contributed by atoms with van der Waals surface area (Å²) in [5.41, 5.74) is 0.760. The molecule has 0 saturated heterocycles. The van der Waals surface area contributed by atoms with Gasteiger partial charge in [0.2, 0.25) is 0 Å². The van der Waals surface area contributed by atoms with Gasteiger partial charge in [0.15, 0.2) is 0 Å². The molecule has 1 amide bonds. The molecule has 0 radical (unpaired) electrons. The van der Waals surface area contributed by atoms with Crippen molar-refractivity contribution >= 4 is 17.7 Å². The zero-order chi connectivity index (χ0) is 16.8. The molecule has 0 heterocycles. The first-order valence-electron chi connectivity index (χ1n) is 7.08. The van der Waals surface area contributed by atoms with E-state index < -0.39 is 23.8 Å². The van der Waals surface area contributed by atoms with E-state index in [1.54, 1.807) is 45.9 Å². The van der Waals surface area contributed by atoms with Crippen molar-refractivity contribution in [1.29, 1.82) is 0 Å². The fourth-order valence-corrected chi connectivity index (χ4v) is 1.72. The fourth-order valence-electron chi connectivity index (χ4n) is 1.72. The molecule has 1 rings (SSSR count). The van der Waals surface area contributed by atoms with Crippen LogP contribution in [0.2, 0.25) is 0 Å². The Morgan fingerprint density at radius 2 is 1.91 bits per heavy atom. The zero-order valence-corrected chi connectivity index (χ0v) is 13.4. The number of nitrogens with one attached hydrogen (secondary N) is 1. The molecule has 1 aromatic carbocycles. The standard InChI is InChI=1S/C16H23NO5/c1-11(9-14(18)19)21-10-12-7-5-6-8-13(12)17-15(20)22-16(2,3)4/h5-8,11H,9-10H2,1-4H3,(H,17,20)(H,18,19). The Balaban J connectivity index is 2.65. The number of aliphatic carboxylic acids is 1. The highest BCUT2D eigenvalue weighted by molar-refractivity contribution is 5.85. The first kappa shape index (κ1) is 18.0. The topological polar surface area (TPSA) is 84.9 Å². The summed E-state index contributed by atoms with van der Waals surface area (Å²) >= 11 is 0. The number of ether oxygens (including phenoxy) is 2. The van der Waals surface area contributed by atoms with Crippen LogP contribution in [-0.4, -0.2) is 28.9 Å². The highest BCUT2D eigenvalue weighted by Crippen LogP contribution is 2.18. The summed E-state index contributed by atoms with van der Waals surface area (Å²) in [6.45, 7) is 7.26. The van der Waals surface area contributed by atoms with Crippen LogP contribution in [0.25, 0.3) is 0 Å². The van der Waals surface area contributed by atoms with Crippen molar-refractivity contribution in [3.05, 3.63) is 29.8 Å². The van der Waals surface area contributed by atoms with Gasteiger partial charge in [-0.3, -0.25) is 10.1 Å². The summed E-state index contributed by atoms with van der Waals surface area (Å²) in [7, 11) is 0. The van der Waals surface area contributed by atoms with Crippen LogP contribution in [0.4, 0.5) is 10.5 Å². The minimum absolute atomic E-state index is 0.0678. The van der Waals surface area contributed by atoms with Crippen LogP contribution >= 0.6 is 0 Å². The Kier molecular flexibility index (Phi) is 6.37. The fraction of sp³-hybridized carbons (Fsp3) is 0.500. The molecule has 0 aromatic heterocycles. The molecule has 0 aliphatic rings. The van der Waals surface area contributed by atoms with Crippen LogP contribution in [0, 0.1) is 0 Å². The average molecular weight is 309 g/mol. The largest absolute Gasteiger partial charge is 0.481 e. The first-order valence-corrected chi connectivity index (χ1v) is 7.08.